The van der Waals surface area contributed by atoms with E-state index in [0.29, 0.717) is 13.2 Å². The van der Waals surface area contributed by atoms with Crippen LogP contribution in [0.5, 0.6) is 11.5 Å². The number of carbonyl (C=O) groups is 1. The van der Waals surface area contributed by atoms with Crippen LogP contribution in [-0.2, 0) is 4.74 Å². The number of ether oxygens (including phenoxy) is 3. The first-order valence-electron chi connectivity index (χ1n) is 10.3. The summed E-state index contributed by atoms with van der Waals surface area (Å²) in [5.41, 5.74) is 2.74. The van der Waals surface area contributed by atoms with Crippen molar-refractivity contribution in [2.75, 3.05) is 33.9 Å². The second-order valence-corrected chi connectivity index (χ2v) is 7.42. The van der Waals surface area contributed by atoms with Gasteiger partial charge in [0, 0.05) is 31.3 Å². The summed E-state index contributed by atoms with van der Waals surface area (Å²) in [7, 11) is 3.29. The molecule has 3 aromatic rings. The fraction of sp³-hybridized carbons (Fsp3) is 0.320. The molecule has 5 heteroatoms. The van der Waals surface area contributed by atoms with Gasteiger partial charge in [-0.15, -0.1) is 0 Å². The van der Waals surface area contributed by atoms with Gasteiger partial charge in [0.05, 0.1) is 20.3 Å². The molecular weight excluding hydrogens is 378 g/mol. The van der Waals surface area contributed by atoms with Crippen molar-refractivity contribution in [1.82, 2.24) is 4.90 Å². The summed E-state index contributed by atoms with van der Waals surface area (Å²) < 4.78 is 16.6. The van der Waals surface area contributed by atoms with Gasteiger partial charge in [0.2, 0.25) is 0 Å². The third-order valence-electron chi connectivity index (χ3n) is 5.65. The summed E-state index contributed by atoms with van der Waals surface area (Å²) in [6.07, 6.45) is 1.02. The molecule has 0 spiro atoms. The van der Waals surface area contributed by atoms with Crippen molar-refractivity contribution in [3.8, 4) is 22.6 Å². The molecule has 0 N–H and O–H groups in total. The SMILES string of the molecule is CCOC1CCN(C(=O)c2ccc(-c3cc(OC)cc(OC)c3)c3ccccc23)C1. The Morgan fingerprint density at radius 1 is 1.00 bits per heavy atom. The van der Waals surface area contributed by atoms with Gasteiger partial charge in [-0.2, -0.15) is 0 Å². The maximum atomic E-state index is 13.3. The van der Waals surface area contributed by atoms with E-state index in [1.165, 1.54) is 0 Å². The van der Waals surface area contributed by atoms with Gasteiger partial charge in [-0.1, -0.05) is 30.3 Å². The maximum Gasteiger partial charge on any atom is 0.254 e. The first-order chi connectivity index (χ1) is 14.6. The summed E-state index contributed by atoms with van der Waals surface area (Å²) in [4.78, 5) is 15.2. The Labute approximate surface area is 177 Å². The molecule has 1 aliphatic heterocycles. The second-order valence-electron chi connectivity index (χ2n) is 7.42. The average molecular weight is 405 g/mol. The Morgan fingerprint density at radius 3 is 2.37 bits per heavy atom. The van der Waals surface area contributed by atoms with Gasteiger partial charge in [-0.3, -0.25) is 4.79 Å². The van der Waals surface area contributed by atoms with Gasteiger partial charge in [0.1, 0.15) is 11.5 Å². The van der Waals surface area contributed by atoms with Gasteiger partial charge in [-0.25, -0.2) is 0 Å². The lowest BCUT2D eigenvalue weighted by molar-refractivity contribution is 0.0599. The van der Waals surface area contributed by atoms with Crippen LogP contribution in [0.2, 0.25) is 0 Å². The number of rotatable bonds is 6. The molecule has 4 rings (SSSR count). The molecule has 3 aromatic carbocycles. The van der Waals surface area contributed by atoms with Crippen molar-refractivity contribution in [3.63, 3.8) is 0 Å². The zero-order valence-electron chi connectivity index (χ0n) is 17.7. The van der Waals surface area contributed by atoms with Crippen LogP contribution >= 0.6 is 0 Å². The highest BCUT2D eigenvalue weighted by Gasteiger charge is 2.28. The summed E-state index contributed by atoms with van der Waals surface area (Å²) in [5, 5.41) is 1.97. The summed E-state index contributed by atoms with van der Waals surface area (Å²) in [6.45, 7) is 4.04. The highest BCUT2D eigenvalue weighted by atomic mass is 16.5. The molecule has 5 nitrogen and oxygen atoms in total. The lowest BCUT2D eigenvalue weighted by atomic mass is 9.94. The maximum absolute atomic E-state index is 13.3. The van der Waals surface area contributed by atoms with Gasteiger partial charge >= 0.3 is 0 Å². The van der Waals surface area contributed by atoms with E-state index in [9.17, 15) is 4.79 Å². The summed E-state index contributed by atoms with van der Waals surface area (Å²) in [5.74, 6) is 1.52. The smallest absolute Gasteiger partial charge is 0.254 e. The predicted octanol–water partition coefficient (Wildman–Crippen LogP) is 4.78. The minimum Gasteiger partial charge on any atom is -0.497 e. The molecule has 1 heterocycles. The number of methoxy groups -OCH3 is 2. The van der Waals surface area contributed by atoms with Gasteiger partial charge in [-0.05, 0) is 53.4 Å². The van der Waals surface area contributed by atoms with Crippen molar-refractivity contribution < 1.29 is 19.0 Å². The molecule has 0 aliphatic carbocycles. The van der Waals surface area contributed by atoms with E-state index in [1.807, 2.05) is 60.4 Å². The topological polar surface area (TPSA) is 48.0 Å². The Morgan fingerprint density at radius 2 is 1.70 bits per heavy atom. The quantitative estimate of drug-likeness (QED) is 0.592. The molecule has 1 atom stereocenters. The predicted molar refractivity (Wildman–Crippen MR) is 118 cm³/mol. The molecule has 0 bridgehead atoms. The van der Waals surface area contributed by atoms with E-state index >= 15 is 0 Å². The number of amides is 1. The normalized spacial score (nSPS) is 16.1. The first kappa shape index (κ1) is 20.2. The number of hydrogen-bond donors (Lipinski definition) is 0. The van der Waals surface area contributed by atoms with Gasteiger partial charge in [0.25, 0.3) is 5.91 Å². The van der Waals surface area contributed by atoms with E-state index in [4.69, 9.17) is 14.2 Å². The molecular formula is C25H27NO4. The number of benzene rings is 3. The van der Waals surface area contributed by atoms with E-state index in [-0.39, 0.29) is 12.0 Å². The van der Waals surface area contributed by atoms with Crippen LogP contribution < -0.4 is 9.47 Å². The Balaban J connectivity index is 1.75. The highest BCUT2D eigenvalue weighted by molar-refractivity contribution is 6.11. The van der Waals surface area contributed by atoms with E-state index < -0.39 is 0 Å². The number of fused-ring (bicyclic) bond motifs is 1. The van der Waals surface area contributed by atoms with Crippen molar-refractivity contribution in [2.24, 2.45) is 0 Å². The zero-order chi connectivity index (χ0) is 21.1. The Kier molecular flexibility index (Phi) is 5.91. The number of carbonyl (C=O) groups excluding carboxylic acids is 1. The third kappa shape index (κ3) is 3.85. The van der Waals surface area contributed by atoms with Gasteiger partial charge in [0.15, 0.2) is 0 Å². The Bertz CT molecular complexity index is 1040. The number of hydrogen-bond acceptors (Lipinski definition) is 4. The first-order valence-corrected chi connectivity index (χ1v) is 10.3. The van der Waals surface area contributed by atoms with Crippen molar-refractivity contribution >= 4 is 16.7 Å². The standard InChI is InChI=1S/C25H27NO4/c1-4-30-18-11-12-26(16-18)25(27)24-10-9-21(22-7-5-6-8-23(22)24)17-13-19(28-2)15-20(14-17)29-3/h5-10,13-15,18H,4,11-12,16H2,1-3H3. The molecule has 30 heavy (non-hydrogen) atoms. The van der Waals surface area contributed by atoms with Crippen molar-refractivity contribution in [1.29, 1.82) is 0 Å². The van der Waals surface area contributed by atoms with Crippen molar-refractivity contribution in [3.05, 3.63) is 60.2 Å². The minimum atomic E-state index is 0.0585. The fourth-order valence-corrected chi connectivity index (χ4v) is 4.15. The molecule has 1 saturated heterocycles. The van der Waals surface area contributed by atoms with Crippen LogP contribution in [0, 0.1) is 0 Å². The minimum absolute atomic E-state index is 0.0585. The monoisotopic (exact) mass is 405 g/mol. The van der Waals surface area contributed by atoms with Crippen LogP contribution in [-0.4, -0.2) is 50.8 Å². The fourth-order valence-electron chi connectivity index (χ4n) is 4.15. The molecule has 0 radical (unpaired) electrons. The molecule has 1 amide bonds. The Hall–Kier alpha value is -3.05. The van der Waals surface area contributed by atoms with Crippen LogP contribution in [0.15, 0.2) is 54.6 Å². The van der Waals surface area contributed by atoms with E-state index in [0.717, 1.165) is 51.9 Å². The molecule has 0 aromatic heterocycles. The third-order valence-corrected chi connectivity index (χ3v) is 5.65. The lowest BCUT2D eigenvalue weighted by Gasteiger charge is -2.19. The molecule has 1 unspecified atom stereocenters. The zero-order valence-corrected chi connectivity index (χ0v) is 17.7. The average Bonchev–Trinajstić information content (AvgIpc) is 3.26. The van der Waals surface area contributed by atoms with Crippen LogP contribution in [0.3, 0.4) is 0 Å². The van der Waals surface area contributed by atoms with Crippen molar-refractivity contribution in [2.45, 2.75) is 19.4 Å². The lowest BCUT2D eigenvalue weighted by Crippen LogP contribution is -2.30. The molecule has 1 aliphatic rings. The van der Waals surface area contributed by atoms with E-state index in [2.05, 4.69) is 6.07 Å². The molecule has 0 saturated carbocycles. The van der Waals surface area contributed by atoms with Gasteiger partial charge < -0.3 is 19.1 Å². The number of nitrogens with zero attached hydrogens (tertiary/aromatic N) is 1. The number of likely N-dealkylation sites (tertiary alicyclic amines) is 1. The van der Waals surface area contributed by atoms with Crippen LogP contribution in [0.1, 0.15) is 23.7 Å². The summed E-state index contributed by atoms with van der Waals surface area (Å²) in [6, 6.07) is 17.8. The molecule has 156 valence electrons. The highest BCUT2D eigenvalue weighted by Crippen LogP contribution is 2.36. The second kappa shape index (κ2) is 8.76. The van der Waals surface area contributed by atoms with Crippen LogP contribution in [0.25, 0.3) is 21.9 Å². The van der Waals surface area contributed by atoms with Crippen LogP contribution in [0.4, 0.5) is 0 Å². The molecule has 1 fully saturated rings. The van der Waals surface area contributed by atoms with E-state index in [1.54, 1.807) is 14.2 Å². The summed E-state index contributed by atoms with van der Waals surface area (Å²) >= 11 is 0. The largest absolute Gasteiger partial charge is 0.497 e.